The minimum atomic E-state index is -0.778. The van der Waals surface area contributed by atoms with Crippen LogP contribution in [-0.4, -0.2) is 73.7 Å². The fourth-order valence-corrected chi connectivity index (χ4v) is 4.79. The van der Waals surface area contributed by atoms with Gasteiger partial charge in [0.05, 0.1) is 30.2 Å². The van der Waals surface area contributed by atoms with Crippen LogP contribution in [0, 0.1) is 29.0 Å². The van der Waals surface area contributed by atoms with Gasteiger partial charge in [-0.05, 0) is 38.0 Å². The predicted molar refractivity (Wildman–Crippen MR) is 129 cm³/mol. The van der Waals surface area contributed by atoms with Gasteiger partial charge in [-0.15, -0.1) is 0 Å². The Balaban J connectivity index is 1.18. The van der Waals surface area contributed by atoms with Crippen molar-refractivity contribution in [3.05, 3.63) is 48.6 Å². The molecule has 2 aromatic heterocycles. The van der Waals surface area contributed by atoms with Crippen molar-refractivity contribution in [2.24, 2.45) is 11.8 Å². The topological polar surface area (TPSA) is 140 Å². The van der Waals surface area contributed by atoms with Crippen molar-refractivity contribution in [2.75, 3.05) is 31.6 Å². The largest absolute Gasteiger partial charge is 0.471 e. The van der Waals surface area contributed by atoms with E-state index in [4.69, 9.17) is 14.2 Å². The van der Waals surface area contributed by atoms with E-state index in [9.17, 15) is 10.1 Å². The van der Waals surface area contributed by atoms with Crippen molar-refractivity contribution in [1.29, 1.82) is 5.26 Å². The zero-order valence-electron chi connectivity index (χ0n) is 20.6. The third kappa shape index (κ3) is 4.70. The molecule has 12 nitrogen and oxygen atoms in total. The van der Waals surface area contributed by atoms with Gasteiger partial charge in [0.2, 0.25) is 5.82 Å². The van der Waals surface area contributed by atoms with E-state index in [1.807, 2.05) is 6.92 Å². The molecule has 1 amide bonds. The van der Waals surface area contributed by atoms with E-state index in [-0.39, 0.29) is 40.8 Å². The van der Waals surface area contributed by atoms with Gasteiger partial charge in [0.1, 0.15) is 36.8 Å². The zero-order valence-corrected chi connectivity index (χ0v) is 20.6. The Kier molecular flexibility index (Phi) is 6.03. The summed E-state index contributed by atoms with van der Waals surface area (Å²) in [7, 11) is 0. The first kappa shape index (κ1) is 24.1. The van der Waals surface area contributed by atoms with Crippen LogP contribution < -0.4 is 10.1 Å². The molecule has 1 N–H and O–H groups in total. The van der Waals surface area contributed by atoms with Crippen LogP contribution in [0.5, 0.6) is 5.88 Å². The van der Waals surface area contributed by atoms with E-state index in [1.54, 1.807) is 23.1 Å². The molecule has 2 unspecified atom stereocenters. The Morgan fingerprint density at radius 2 is 2.03 bits per heavy atom. The molecule has 196 valence electrons. The lowest BCUT2D eigenvalue weighted by Crippen LogP contribution is -2.59. The number of piperidine rings is 1. The maximum Gasteiger partial charge on any atom is 0.410 e. The summed E-state index contributed by atoms with van der Waals surface area (Å²) in [5.41, 5.74) is 0.906. The van der Waals surface area contributed by atoms with Crippen LogP contribution in [-0.2, 0) is 9.47 Å². The number of likely N-dealkylation sites (tertiary alicyclic amines) is 1. The number of halogens is 1. The van der Waals surface area contributed by atoms with Crippen molar-refractivity contribution >= 4 is 17.6 Å². The van der Waals surface area contributed by atoms with Gasteiger partial charge in [-0.2, -0.15) is 19.7 Å². The van der Waals surface area contributed by atoms with Crippen molar-refractivity contribution in [3.8, 4) is 17.6 Å². The number of anilines is 2. The number of ether oxygens (including phenoxy) is 3. The van der Waals surface area contributed by atoms with Gasteiger partial charge in [-0.3, -0.25) is 0 Å². The molecular weight excluding hydrogens is 495 g/mol. The SMILES string of the molecule is CC1(OC(=O)N2CC3COCC(C2)C3Oc2ncnc(Nc3ccc(-n4cncn4)cc3C#N)c2F)CC1. The van der Waals surface area contributed by atoms with Crippen LogP contribution in [0.25, 0.3) is 5.69 Å². The second-order valence-electron chi connectivity index (χ2n) is 10.0. The van der Waals surface area contributed by atoms with Crippen molar-refractivity contribution < 1.29 is 23.4 Å². The number of fused-ring (bicyclic) bond motifs is 2. The molecule has 1 aliphatic carbocycles. The standard InChI is InChI=1S/C25H25FN8O4/c1-25(4-5-25)38-24(35)33-8-16-10-36-11-17(9-33)21(16)37-23-20(26)22(29-13-30-23)32-19-3-2-18(6-15(19)7-27)34-14-28-12-31-34/h2-3,6,12-14,16-17,21H,4-5,8-11H2,1H3,(H,29,30,32). The van der Waals surface area contributed by atoms with Crippen LogP contribution in [0.15, 0.2) is 37.2 Å². The lowest BCUT2D eigenvalue weighted by atomic mass is 9.84. The van der Waals surface area contributed by atoms with Gasteiger partial charge in [0.15, 0.2) is 5.82 Å². The summed E-state index contributed by atoms with van der Waals surface area (Å²) >= 11 is 0. The molecule has 2 aliphatic heterocycles. The van der Waals surface area contributed by atoms with E-state index in [1.165, 1.54) is 23.7 Å². The number of rotatable bonds is 6. The molecule has 1 aromatic carbocycles. The molecule has 2 saturated heterocycles. The summed E-state index contributed by atoms with van der Waals surface area (Å²) in [6.45, 7) is 3.46. The maximum absolute atomic E-state index is 15.5. The van der Waals surface area contributed by atoms with Gasteiger partial charge in [0, 0.05) is 24.9 Å². The molecule has 6 rings (SSSR count). The van der Waals surface area contributed by atoms with Crippen LogP contribution in [0.2, 0.25) is 0 Å². The highest BCUT2D eigenvalue weighted by Crippen LogP contribution is 2.40. The molecule has 3 aliphatic rings. The van der Waals surface area contributed by atoms with E-state index in [0.717, 1.165) is 12.8 Å². The third-order valence-corrected chi connectivity index (χ3v) is 7.11. The van der Waals surface area contributed by atoms with Gasteiger partial charge < -0.3 is 24.4 Å². The van der Waals surface area contributed by atoms with Gasteiger partial charge in [-0.25, -0.2) is 19.4 Å². The van der Waals surface area contributed by atoms with Crippen LogP contribution >= 0.6 is 0 Å². The average Bonchev–Trinajstić information content (AvgIpc) is 3.37. The van der Waals surface area contributed by atoms with Crippen molar-refractivity contribution in [3.63, 3.8) is 0 Å². The number of nitriles is 1. The molecule has 0 radical (unpaired) electrons. The molecule has 1 saturated carbocycles. The Labute approximate surface area is 217 Å². The number of amides is 1. The van der Waals surface area contributed by atoms with Crippen LogP contribution in [0.4, 0.5) is 20.7 Å². The average molecular weight is 521 g/mol. The number of hydrogen-bond donors (Lipinski definition) is 1. The van der Waals surface area contributed by atoms with E-state index in [0.29, 0.717) is 37.7 Å². The van der Waals surface area contributed by atoms with Crippen LogP contribution in [0.3, 0.4) is 0 Å². The molecule has 0 spiro atoms. The first-order valence-corrected chi connectivity index (χ1v) is 12.3. The summed E-state index contributed by atoms with van der Waals surface area (Å²) in [4.78, 5) is 26.3. The van der Waals surface area contributed by atoms with E-state index >= 15 is 4.39 Å². The fourth-order valence-electron chi connectivity index (χ4n) is 4.79. The van der Waals surface area contributed by atoms with Gasteiger partial charge in [0.25, 0.3) is 5.88 Å². The van der Waals surface area contributed by atoms with Crippen LogP contribution in [0.1, 0.15) is 25.3 Å². The molecule has 3 fully saturated rings. The highest BCUT2D eigenvalue weighted by molar-refractivity contribution is 5.69. The molecule has 2 atom stereocenters. The Morgan fingerprint density at radius 1 is 1.24 bits per heavy atom. The molecule has 2 bridgehead atoms. The highest BCUT2D eigenvalue weighted by Gasteiger charge is 2.47. The van der Waals surface area contributed by atoms with Crippen molar-refractivity contribution in [1.82, 2.24) is 29.6 Å². The number of hydrogen-bond acceptors (Lipinski definition) is 10. The normalized spacial score (nSPS) is 23.3. The van der Waals surface area contributed by atoms with Crippen molar-refractivity contribution in [2.45, 2.75) is 31.5 Å². The molecule has 13 heteroatoms. The maximum atomic E-state index is 15.5. The number of carbonyl (C=O) groups excluding carboxylic acids is 1. The number of nitrogens with one attached hydrogen (secondary N) is 1. The number of nitrogens with zero attached hydrogens (tertiary/aromatic N) is 7. The fraction of sp³-hybridized carbons (Fsp3) is 0.440. The first-order chi connectivity index (χ1) is 18.4. The lowest BCUT2D eigenvalue weighted by Gasteiger charge is -2.46. The molecular formula is C25H25FN8O4. The third-order valence-electron chi connectivity index (χ3n) is 7.11. The molecule has 3 aromatic rings. The Hall–Kier alpha value is -4.31. The van der Waals surface area contributed by atoms with E-state index < -0.39 is 11.9 Å². The Morgan fingerprint density at radius 3 is 2.71 bits per heavy atom. The summed E-state index contributed by atoms with van der Waals surface area (Å²) < 4.78 is 34.4. The Bertz CT molecular complexity index is 1380. The number of carbonyl (C=O) groups is 1. The summed E-state index contributed by atoms with van der Waals surface area (Å²) in [6, 6.07) is 7.06. The monoisotopic (exact) mass is 520 g/mol. The highest BCUT2D eigenvalue weighted by atomic mass is 19.1. The molecule has 38 heavy (non-hydrogen) atoms. The zero-order chi connectivity index (χ0) is 26.3. The first-order valence-electron chi connectivity index (χ1n) is 12.3. The minimum absolute atomic E-state index is 0.125. The van der Waals surface area contributed by atoms with Gasteiger partial charge >= 0.3 is 6.09 Å². The quantitative estimate of drug-likeness (QED) is 0.516. The van der Waals surface area contributed by atoms with E-state index in [2.05, 4.69) is 31.4 Å². The number of benzene rings is 1. The summed E-state index contributed by atoms with van der Waals surface area (Å²) in [6.07, 6.45) is 5.13. The lowest BCUT2D eigenvalue weighted by molar-refractivity contribution is -0.112. The van der Waals surface area contributed by atoms with Gasteiger partial charge in [-0.1, -0.05) is 0 Å². The number of aromatic nitrogens is 5. The second kappa shape index (κ2) is 9.53. The smallest absolute Gasteiger partial charge is 0.410 e. The molecule has 4 heterocycles. The second-order valence-corrected chi connectivity index (χ2v) is 10.0. The minimum Gasteiger partial charge on any atom is -0.471 e. The predicted octanol–water partition coefficient (Wildman–Crippen LogP) is 2.83. The summed E-state index contributed by atoms with van der Waals surface area (Å²) in [5, 5.41) is 16.6. The summed E-state index contributed by atoms with van der Waals surface area (Å²) in [5.74, 6) is -1.44.